The molecule has 9 heteroatoms. The quantitative estimate of drug-likeness (QED) is 0.228. The Morgan fingerprint density at radius 3 is 2.50 bits per heavy atom. The fourth-order valence-electron chi connectivity index (χ4n) is 2.19. The van der Waals surface area contributed by atoms with Crippen molar-refractivity contribution in [2.45, 2.75) is 33.8 Å². The molecule has 3 N–H and O–H groups in total. The third-order valence-electron chi connectivity index (χ3n) is 3.57. The summed E-state index contributed by atoms with van der Waals surface area (Å²) in [5, 5.41) is 8.76. The molecule has 0 aromatic carbocycles. The SMILES string of the molecule is CCNC(=NCC(OC)C(C)(C)C)NCCN1C(=O)CNC1=O.I. The molecule has 0 radical (unpaired) electrons. The van der Waals surface area contributed by atoms with E-state index in [1.807, 2.05) is 6.92 Å². The van der Waals surface area contributed by atoms with E-state index in [4.69, 9.17) is 4.74 Å². The molecule has 0 aliphatic carbocycles. The summed E-state index contributed by atoms with van der Waals surface area (Å²) in [7, 11) is 1.68. The van der Waals surface area contributed by atoms with E-state index in [1.165, 1.54) is 4.90 Å². The number of rotatable bonds is 7. The second-order valence-electron chi connectivity index (χ2n) is 6.44. The Morgan fingerprint density at radius 1 is 1.38 bits per heavy atom. The highest BCUT2D eigenvalue weighted by Crippen LogP contribution is 2.21. The number of amides is 3. The van der Waals surface area contributed by atoms with Gasteiger partial charge in [0.05, 0.1) is 19.2 Å². The number of hydrogen-bond donors (Lipinski definition) is 3. The maximum absolute atomic E-state index is 11.5. The minimum absolute atomic E-state index is 0. The Hall–Kier alpha value is -1.10. The highest BCUT2D eigenvalue weighted by molar-refractivity contribution is 14.0. The van der Waals surface area contributed by atoms with Gasteiger partial charge in [0, 0.05) is 26.7 Å². The molecule has 1 aliphatic rings. The van der Waals surface area contributed by atoms with Crippen LogP contribution in [-0.2, 0) is 9.53 Å². The van der Waals surface area contributed by atoms with Crippen molar-refractivity contribution in [1.82, 2.24) is 20.9 Å². The lowest BCUT2D eigenvalue weighted by Gasteiger charge is -2.28. The highest BCUT2D eigenvalue weighted by Gasteiger charge is 2.27. The average molecular weight is 455 g/mol. The second kappa shape index (κ2) is 10.7. The first kappa shape index (κ1) is 22.9. The molecular formula is C15H30IN5O3. The van der Waals surface area contributed by atoms with Gasteiger partial charge in [0.2, 0.25) is 5.91 Å². The molecule has 0 aromatic rings. The molecule has 140 valence electrons. The summed E-state index contributed by atoms with van der Waals surface area (Å²) in [6.45, 7) is 10.4. The van der Waals surface area contributed by atoms with Gasteiger partial charge in [-0.2, -0.15) is 0 Å². The van der Waals surface area contributed by atoms with Gasteiger partial charge in [-0.3, -0.25) is 14.7 Å². The van der Waals surface area contributed by atoms with E-state index in [0.29, 0.717) is 25.6 Å². The molecule has 24 heavy (non-hydrogen) atoms. The summed E-state index contributed by atoms with van der Waals surface area (Å²) >= 11 is 0. The molecule has 0 aromatic heterocycles. The van der Waals surface area contributed by atoms with E-state index in [0.717, 1.165) is 6.54 Å². The zero-order chi connectivity index (χ0) is 17.5. The van der Waals surface area contributed by atoms with Crippen LogP contribution >= 0.6 is 24.0 Å². The fourth-order valence-corrected chi connectivity index (χ4v) is 2.19. The summed E-state index contributed by atoms with van der Waals surface area (Å²) in [6, 6.07) is -0.342. The fraction of sp³-hybridized carbons (Fsp3) is 0.800. The second-order valence-corrected chi connectivity index (χ2v) is 6.44. The van der Waals surface area contributed by atoms with Gasteiger partial charge < -0.3 is 20.7 Å². The number of nitrogens with one attached hydrogen (secondary N) is 3. The average Bonchev–Trinajstić information content (AvgIpc) is 2.78. The van der Waals surface area contributed by atoms with Crippen LogP contribution < -0.4 is 16.0 Å². The molecule has 0 spiro atoms. The van der Waals surface area contributed by atoms with Crippen LogP contribution in [0.25, 0.3) is 0 Å². The van der Waals surface area contributed by atoms with E-state index < -0.39 is 0 Å². The smallest absolute Gasteiger partial charge is 0.324 e. The number of hydrogen-bond acceptors (Lipinski definition) is 4. The first-order valence-corrected chi connectivity index (χ1v) is 7.92. The number of aliphatic imine (C=N–C) groups is 1. The van der Waals surface area contributed by atoms with Gasteiger partial charge in [-0.25, -0.2) is 4.79 Å². The Morgan fingerprint density at radius 2 is 2.04 bits per heavy atom. The Bertz CT molecular complexity index is 435. The van der Waals surface area contributed by atoms with Gasteiger partial charge in [-0.1, -0.05) is 20.8 Å². The van der Waals surface area contributed by atoms with Crippen LogP contribution in [0.3, 0.4) is 0 Å². The maximum atomic E-state index is 11.5. The van der Waals surface area contributed by atoms with Crippen LogP contribution in [-0.4, -0.2) is 68.7 Å². The van der Waals surface area contributed by atoms with E-state index in [2.05, 4.69) is 41.7 Å². The van der Waals surface area contributed by atoms with Crippen molar-refractivity contribution >= 4 is 41.9 Å². The molecule has 1 aliphatic heterocycles. The zero-order valence-electron chi connectivity index (χ0n) is 15.1. The molecule has 1 unspecified atom stereocenters. The predicted octanol–water partition coefficient (Wildman–Crippen LogP) is 0.772. The number of methoxy groups -OCH3 is 1. The summed E-state index contributed by atoms with van der Waals surface area (Å²) in [4.78, 5) is 28.7. The van der Waals surface area contributed by atoms with Crippen LogP contribution in [0.1, 0.15) is 27.7 Å². The number of urea groups is 1. The molecule has 1 atom stereocenters. The first-order chi connectivity index (χ1) is 10.8. The van der Waals surface area contributed by atoms with Gasteiger partial charge in [0.15, 0.2) is 5.96 Å². The van der Waals surface area contributed by atoms with Crippen LogP contribution in [0.5, 0.6) is 0 Å². The van der Waals surface area contributed by atoms with Crippen molar-refractivity contribution in [3.05, 3.63) is 0 Å². The maximum Gasteiger partial charge on any atom is 0.324 e. The van der Waals surface area contributed by atoms with Crippen LogP contribution in [0.2, 0.25) is 0 Å². The third kappa shape index (κ3) is 7.20. The molecule has 1 rings (SSSR count). The number of guanidine groups is 1. The summed E-state index contributed by atoms with van der Waals surface area (Å²) in [5.74, 6) is 0.441. The normalized spacial score (nSPS) is 16.5. The lowest BCUT2D eigenvalue weighted by Crippen LogP contribution is -2.44. The van der Waals surface area contributed by atoms with Crippen molar-refractivity contribution in [2.24, 2.45) is 10.4 Å². The topological polar surface area (TPSA) is 95.1 Å². The number of carbonyl (C=O) groups excluding carboxylic acids is 2. The summed E-state index contributed by atoms with van der Waals surface area (Å²) in [6.07, 6.45) is 0.00361. The van der Waals surface area contributed by atoms with Crippen molar-refractivity contribution < 1.29 is 14.3 Å². The number of nitrogens with zero attached hydrogens (tertiary/aromatic N) is 2. The lowest BCUT2D eigenvalue weighted by atomic mass is 9.89. The van der Waals surface area contributed by atoms with E-state index in [-0.39, 0.29) is 54.0 Å². The molecule has 0 saturated carbocycles. The molecular weight excluding hydrogens is 425 g/mol. The standard InChI is InChI=1S/C15H29N5O3.HI/c1-6-16-13(18-9-11(23-5)15(2,3)4)17-7-8-20-12(21)10-19-14(20)22;/h11H,6-10H2,1-5H3,(H,19,22)(H2,16,17,18);1H. The van der Waals surface area contributed by atoms with Crippen molar-refractivity contribution in [1.29, 1.82) is 0 Å². The lowest BCUT2D eigenvalue weighted by molar-refractivity contribution is -0.124. The number of carbonyl (C=O) groups is 2. The summed E-state index contributed by atoms with van der Waals surface area (Å²) < 4.78 is 5.49. The van der Waals surface area contributed by atoms with Gasteiger partial charge in [-0.15, -0.1) is 24.0 Å². The largest absolute Gasteiger partial charge is 0.379 e. The summed E-state index contributed by atoms with van der Waals surface area (Å²) in [5.41, 5.74) is -0.00433. The number of ether oxygens (including phenoxy) is 1. The number of halogens is 1. The number of imide groups is 1. The third-order valence-corrected chi connectivity index (χ3v) is 3.57. The van der Waals surface area contributed by atoms with Crippen LogP contribution in [0, 0.1) is 5.41 Å². The van der Waals surface area contributed by atoms with Gasteiger partial charge in [-0.05, 0) is 12.3 Å². The molecule has 0 bridgehead atoms. The minimum Gasteiger partial charge on any atom is -0.379 e. The van der Waals surface area contributed by atoms with Crippen molar-refractivity contribution in [3.63, 3.8) is 0 Å². The Labute approximate surface area is 161 Å². The van der Waals surface area contributed by atoms with Crippen molar-refractivity contribution in [3.8, 4) is 0 Å². The molecule has 1 saturated heterocycles. The predicted molar refractivity (Wildman–Crippen MR) is 105 cm³/mol. The van der Waals surface area contributed by atoms with E-state index in [9.17, 15) is 9.59 Å². The molecule has 1 heterocycles. The van der Waals surface area contributed by atoms with Crippen LogP contribution in [0.4, 0.5) is 4.79 Å². The molecule has 1 fully saturated rings. The first-order valence-electron chi connectivity index (χ1n) is 7.92. The Kier molecular flexibility index (Phi) is 10.2. The van der Waals surface area contributed by atoms with Crippen molar-refractivity contribution in [2.75, 3.05) is 39.8 Å². The molecule has 8 nitrogen and oxygen atoms in total. The van der Waals surface area contributed by atoms with E-state index in [1.54, 1.807) is 7.11 Å². The minimum atomic E-state index is -0.342. The highest BCUT2D eigenvalue weighted by atomic mass is 127. The van der Waals surface area contributed by atoms with Gasteiger partial charge in [0.1, 0.15) is 0 Å². The van der Waals surface area contributed by atoms with Crippen LogP contribution in [0.15, 0.2) is 4.99 Å². The Balaban J connectivity index is 0.00000529. The van der Waals surface area contributed by atoms with E-state index >= 15 is 0 Å². The zero-order valence-corrected chi connectivity index (χ0v) is 17.5. The molecule has 3 amide bonds. The van der Waals surface area contributed by atoms with Gasteiger partial charge in [0.25, 0.3) is 0 Å². The van der Waals surface area contributed by atoms with Gasteiger partial charge >= 0.3 is 6.03 Å². The monoisotopic (exact) mass is 455 g/mol.